The number of hydrogen-bond acceptors (Lipinski definition) is 2. The molecular formula is C17H26O2. The highest BCUT2D eigenvalue weighted by Gasteiger charge is 2.58. The molecular weight excluding hydrogens is 236 g/mol. The predicted molar refractivity (Wildman–Crippen MR) is 76.7 cm³/mol. The third kappa shape index (κ3) is 1.84. The lowest BCUT2D eigenvalue weighted by Crippen LogP contribution is -2.29. The van der Waals surface area contributed by atoms with Crippen LogP contribution in [0.3, 0.4) is 0 Å². The van der Waals surface area contributed by atoms with Crippen LogP contribution >= 0.6 is 0 Å². The van der Waals surface area contributed by atoms with Crippen molar-refractivity contribution in [2.24, 2.45) is 23.2 Å². The molecule has 0 aromatic heterocycles. The van der Waals surface area contributed by atoms with Gasteiger partial charge in [-0.05, 0) is 61.3 Å². The highest BCUT2D eigenvalue weighted by atomic mass is 16.7. The predicted octanol–water partition coefficient (Wildman–Crippen LogP) is 3.94. The second-order valence-electron chi connectivity index (χ2n) is 6.86. The minimum absolute atomic E-state index is 0.341. The quantitative estimate of drug-likeness (QED) is 0.434. The minimum atomic E-state index is 0.341. The number of fused-ring (bicyclic) bond motifs is 3. The summed E-state index contributed by atoms with van der Waals surface area (Å²) in [7, 11) is 1.68. The summed E-state index contributed by atoms with van der Waals surface area (Å²) in [5.41, 5.74) is 4.94. The van der Waals surface area contributed by atoms with Gasteiger partial charge in [-0.1, -0.05) is 24.6 Å². The van der Waals surface area contributed by atoms with Crippen molar-refractivity contribution in [2.45, 2.75) is 39.5 Å². The molecule has 2 heteroatoms. The van der Waals surface area contributed by atoms with Crippen LogP contribution in [0, 0.1) is 23.2 Å². The number of ether oxygens (including phenoxy) is 2. The van der Waals surface area contributed by atoms with E-state index in [0.717, 1.165) is 18.4 Å². The van der Waals surface area contributed by atoms with E-state index in [9.17, 15) is 0 Å². The van der Waals surface area contributed by atoms with Crippen LogP contribution in [-0.2, 0) is 9.47 Å². The molecule has 0 saturated heterocycles. The van der Waals surface area contributed by atoms with Crippen molar-refractivity contribution >= 4 is 0 Å². The van der Waals surface area contributed by atoms with Crippen LogP contribution in [0.4, 0.5) is 0 Å². The summed E-state index contributed by atoms with van der Waals surface area (Å²) in [5.74, 6) is 2.39. The Balaban J connectivity index is 1.84. The topological polar surface area (TPSA) is 18.5 Å². The molecule has 0 N–H and O–H groups in total. The molecule has 3 aliphatic carbocycles. The summed E-state index contributed by atoms with van der Waals surface area (Å²) in [6.45, 7) is 10.3. The van der Waals surface area contributed by atoms with Gasteiger partial charge >= 0.3 is 0 Å². The third-order valence-corrected chi connectivity index (χ3v) is 6.06. The highest BCUT2D eigenvalue weighted by Crippen LogP contribution is 2.66. The molecule has 2 saturated carbocycles. The van der Waals surface area contributed by atoms with Crippen LogP contribution in [0.5, 0.6) is 0 Å². The van der Waals surface area contributed by atoms with Gasteiger partial charge in [0.1, 0.15) is 6.79 Å². The maximum absolute atomic E-state index is 5.66. The van der Waals surface area contributed by atoms with Crippen molar-refractivity contribution in [3.8, 4) is 0 Å². The molecule has 0 unspecified atom stereocenters. The van der Waals surface area contributed by atoms with E-state index < -0.39 is 0 Å². The Morgan fingerprint density at radius 1 is 1.42 bits per heavy atom. The summed E-state index contributed by atoms with van der Waals surface area (Å²) in [5, 5.41) is 0. The molecule has 3 rings (SSSR count). The maximum Gasteiger partial charge on any atom is 0.146 e. The number of hydrogen-bond donors (Lipinski definition) is 0. The van der Waals surface area contributed by atoms with Gasteiger partial charge in [0, 0.05) is 7.11 Å². The van der Waals surface area contributed by atoms with Crippen molar-refractivity contribution in [3.63, 3.8) is 0 Å². The first kappa shape index (κ1) is 13.4. The summed E-state index contributed by atoms with van der Waals surface area (Å²) in [4.78, 5) is 0. The Morgan fingerprint density at radius 3 is 2.95 bits per heavy atom. The summed E-state index contributed by atoms with van der Waals surface area (Å²) in [6, 6.07) is 0. The van der Waals surface area contributed by atoms with Gasteiger partial charge in [0.2, 0.25) is 0 Å². The second kappa shape index (κ2) is 4.75. The van der Waals surface area contributed by atoms with Gasteiger partial charge in [-0.2, -0.15) is 0 Å². The standard InChI is InChI=1S/C17H26O2/c1-11-7-13-8-14-6-5-12(2)17(14,3)16(13)15(11)9-19-10-18-4/h13-14,16H,2,5-10H2,1,3-4H3/t13-,14-,16+,17-/m1/s1. The average molecular weight is 262 g/mol. The lowest BCUT2D eigenvalue weighted by Gasteiger charge is -2.35. The van der Waals surface area contributed by atoms with E-state index in [1.807, 2.05) is 0 Å². The Hall–Kier alpha value is -0.600. The molecule has 0 aliphatic heterocycles. The molecule has 0 radical (unpaired) electrons. The van der Waals surface area contributed by atoms with E-state index in [1.54, 1.807) is 18.3 Å². The van der Waals surface area contributed by atoms with Crippen LogP contribution < -0.4 is 0 Å². The van der Waals surface area contributed by atoms with E-state index in [-0.39, 0.29) is 0 Å². The van der Waals surface area contributed by atoms with E-state index >= 15 is 0 Å². The van der Waals surface area contributed by atoms with Gasteiger partial charge in [0.25, 0.3) is 0 Å². The van der Waals surface area contributed by atoms with Gasteiger partial charge in [-0.25, -0.2) is 0 Å². The number of allylic oxidation sites excluding steroid dienone is 2. The van der Waals surface area contributed by atoms with Crippen LogP contribution in [0.25, 0.3) is 0 Å². The van der Waals surface area contributed by atoms with Crippen molar-refractivity contribution in [2.75, 3.05) is 20.5 Å². The lowest BCUT2D eigenvalue weighted by atomic mass is 9.70. The molecule has 106 valence electrons. The van der Waals surface area contributed by atoms with Gasteiger partial charge in [-0.3, -0.25) is 0 Å². The number of methoxy groups -OCH3 is 1. The van der Waals surface area contributed by atoms with Crippen molar-refractivity contribution in [1.29, 1.82) is 0 Å². The molecule has 0 heterocycles. The van der Waals surface area contributed by atoms with E-state index in [2.05, 4.69) is 20.4 Å². The fourth-order valence-corrected chi connectivity index (χ4v) is 5.12. The van der Waals surface area contributed by atoms with Crippen LogP contribution in [0.15, 0.2) is 23.3 Å². The molecule has 19 heavy (non-hydrogen) atoms. The lowest BCUT2D eigenvalue weighted by molar-refractivity contribution is -0.0244. The molecule has 0 spiro atoms. The molecule has 2 fully saturated rings. The molecule has 0 bridgehead atoms. The SMILES string of the molecule is C=C1CC[C@@H]2C[C@H]3CC(C)=C(COCOC)[C@H]3[C@]12C. The number of rotatable bonds is 4. The molecule has 0 aromatic carbocycles. The zero-order chi connectivity index (χ0) is 13.6. The minimum Gasteiger partial charge on any atom is -0.359 e. The van der Waals surface area contributed by atoms with E-state index in [0.29, 0.717) is 18.1 Å². The first-order valence-electron chi connectivity index (χ1n) is 7.52. The Labute approximate surface area is 116 Å². The summed E-state index contributed by atoms with van der Waals surface area (Å²) in [6.07, 6.45) is 5.25. The zero-order valence-corrected chi connectivity index (χ0v) is 12.5. The fourth-order valence-electron chi connectivity index (χ4n) is 5.12. The Morgan fingerprint density at radius 2 is 2.21 bits per heavy atom. The van der Waals surface area contributed by atoms with Crippen LogP contribution in [-0.4, -0.2) is 20.5 Å². The smallest absolute Gasteiger partial charge is 0.146 e. The van der Waals surface area contributed by atoms with E-state index in [4.69, 9.17) is 9.47 Å². The van der Waals surface area contributed by atoms with E-state index in [1.165, 1.54) is 31.3 Å². The van der Waals surface area contributed by atoms with Gasteiger partial charge in [0.15, 0.2) is 0 Å². The largest absolute Gasteiger partial charge is 0.359 e. The Kier molecular flexibility index (Phi) is 3.34. The molecule has 0 amide bonds. The fraction of sp³-hybridized carbons (Fsp3) is 0.765. The first-order valence-corrected chi connectivity index (χ1v) is 7.52. The van der Waals surface area contributed by atoms with Crippen LogP contribution in [0.2, 0.25) is 0 Å². The van der Waals surface area contributed by atoms with Crippen molar-refractivity contribution < 1.29 is 9.47 Å². The first-order chi connectivity index (χ1) is 9.09. The normalized spacial score (nSPS) is 41.0. The highest BCUT2D eigenvalue weighted by molar-refractivity contribution is 5.36. The molecule has 0 aromatic rings. The average Bonchev–Trinajstić information content (AvgIpc) is 2.92. The molecule has 2 nitrogen and oxygen atoms in total. The molecule has 3 aliphatic rings. The van der Waals surface area contributed by atoms with Crippen molar-refractivity contribution in [1.82, 2.24) is 0 Å². The Bertz CT molecular complexity index is 423. The van der Waals surface area contributed by atoms with Gasteiger partial charge < -0.3 is 9.47 Å². The third-order valence-electron chi connectivity index (χ3n) is 6.06. The summed E-state index contributed by atoms with van der Waals surface area (Å²) < 4.78 is 10.7. The zero-order valence-electron chi connectivity index (χ0n) is 12.5. The van der Waals surface area contributed by atoms with Crippen LogP contribution in [0.1, 0.15) is 39.5 Å². The van der Waals surface area contributed by atoms with Gasteiger partial charge in [0.05, 0.1) is 6.61 Å². The second-order valence-corrected chi connectivity index (χ2v) is 6.86. The monoisotopic (exact) mass is 262 g/mol. The maximum atomic E-state index is 5.66. The van der Waals surface area contributed by atoms with Crippen molar-refractivity contribution in [3.05, 3.63) is 23.3 Å². The summed E-state index contributed by atoms with van der Waals surface area (Å²) >= 11 is 0. The van der Waals surface area contributed by atoms with Gasteiger partial charge in [-0.15, -0.1) is 0 Å². The molecule has 4 atom stereocenters.